The quantitative estimate of drug-likeness (QED) is 0.705. The number of amides is 2. The molecule has 1 aliphatic rings. The highest BCUT2D eigenvalue weighted by molar-refractivity contribution is 5.89. The van der Waals surface area contributed by atoms with Crippen molar-refractivity contribution in [1.29, 1.82) is 0 Å². The van der Waals surface area contributed by atoms with Crippen LogP contribution in [0.4, 0.5) is 10.5 Å². The molecule has 0 saturated carbocycles. The number of nitrogens with one attached hydrogen (secondary N) is 2. The van der Waals surface area contributed by atoms with E-state index in [0.29, 0.717) is 0 Å². The predicted octanol–water partition coefficient (Wildman–Crippen LogP) is 1.43. The van der Waals surface area contributed by atoms with Gasteiger partial charge < -0.3 is 5.32 Å². The second-order valence-corrected chi connectivity index (χ2v) is 3.21. The maximum Gasteiger partial charge on any atom is 0.336 e. The highest BCUT2D eigenvalue weighted by Gasteiger charge is 2.16. The van der Waals surface area contributed by atoms with Crippen LogP contribution in [0.25, 0.3) is 0 Å². The van der Waals surface area contributed by atoms with Crippen molar-refractivity contribution in [2.24, 2.45) is 0 Å². The standard InChI is InChI=1S/C10H13N3O/c14-10(13-8-4-7-11-13)12-9-5-2-1-3-6-9/h1-3,5-6,11H,4,7-8H2,(H,12,14). The van der Waals surface area contributed by atoms with Crippen LogP contribution in [0, 0.1) is 0 Å². The molecule has 0 unspecified atom stereocenters. The number of hydrogen-bond acceptors (Lipinski definition) is 2. The van der Waals surface area contributed by atoms with E-state index in [0.717, 1.165) is 25.2 Å². The maximum atomic E-state index is 11.6. The molecule has 0 radical (unpaired) electrons. The molecular formula is C10H13N3O. The average Bonchev–Trinajstić information content (AvgIpc) is 2.72. The zero-order valence-corrected chi connectivity index (χ0v) is 7.86. The fraction of sp³-hybridized carbons (Fsp3) is 0.300. The summed E-state index contributed by atoms with van der Waals surface area (Å²) in [5, 5.41) is 4.41. The van der Waals surface area contributed by atoms with Gasteiger partial charge >= 0.3 is 6.03 Å². The van der Waals surface area contributed by atoms with Crippen LogP contribution < -0.4 is 10.7 Å². The number of hydrazine groups is 1. The fourth-order valence-electron chi connectivity index (χ4n) is 1.42. The van der Waals surface area contributed by atoms with Crippen molar-refractivity contribution >= 4 is 11.7 Å². The smallest absolute Gasteiger partial charge is 0.307 e. The number of carbonyl (C=O) groups is 1. The third-order valence-corrected chi connectivity index (χ3v) is 2.13. The molecule has 1 fully saturated rings. The van der Waals surface area contributed by atoms with Crippen LogP contribution in [-0.4, -0.2) is 24.1 Å². The van der Waals surface area contributed by atoms with E-state index in [1.807, 2.05) is 30.3 Å². The first-order valence-corrected chi connectivity index (χ1v) is 4.73. The van der Waals surface area contributed by atoms with E-state index in [2.05, 4.69) is 10.7 Å². The van der Waals surface area contributed by atoms with E-state index in [-0.39, 0.29) is 6.03 Å². The summed E-state index contributed by atoms with van der Waals surface area (Å²) < 4.78 is 0. The molecule has 2 N–H and O–H groups in total. The third kappa shape index (κ3) is 2.03. The molecule has 1 heterocycles. The van der Waals surface area contributed by atoms with E-state index in [4.69, 9.17) is 0 Å². The number of anilines is 1. The normalized spacial score (nSPS) is 15.6. The van der Waals surface area contributed by atoms with Crippen LogP contribution in [0.15, 0.2) is 30.3 Å². The summed E-state index contributed by atoms with van der Waals surface area (Å²) in [6.07, 6.45) is 1.02. The van der Waals surface area contributed by atoms with Crippen LogP contribution in [0.1, 0.15) is 6.42 Å². The first-order valence-electron chi connectivity index (χ1n) is 4.73. The lowest BCUT2D eigenvalue weighted by Gasteiger charge is -2.16. The number of benzene rings is 1. The van der Waals surface area contributed by atoms with Crippen molar-refractivity contribution in [3.05, 3.63) is 30.3 Å². The van der Waals surface area contributed by atoms with Gasteiger partial charge in [0.05, 0.1) is 0 Å². The molecule has 4 heteroatoms. The topological polar surface area (TPSA) is 44.4 Å². The Morgan fingerprint density at radius 3 is 2.79 bits per heavy atom. The Labute approximate surface area is 82.9 Å². The molecule has 1 aromatic rings. The average molecular weight is 191 g/mol. The summed E-state index contributed by atoms with van der Waals surface area (Å²) in [5.41, 5.74) is 3.82. The van der Waals surface area contributed by atoms with Gasteiger partial charge in [0.2, 0.25) is 0 Å². The number of carbonyl (C=O) groups excluding carboxylic acids is 1. The van der Waals surface area contributed by atoms with Crippen molar-refractivity contribution < 1.29 is 4.79 Å². The molecule has 1 saturated heterocycles. The largest absolute Gasteiger partial charge is 0.336 e. The van der Waals surface area contributed by atoms with E-state index in [1.165, 1.54) is 0 Å². The van der Waals surface area contributed by atoms with Gasteiger partial charge in [-0.05, 0) is 18.6 Å². The number of nitrogens with zero attached hydrogens (tertiary/aromatic N) is 1. The Bertz CT molecular complexity index is 306. The van der Waals surface area contributed by atoms with E-state index >= 15 is 0 Å². The lowest BCUT2D eigenvalue weighted by Crippen LogP contribution is -2.39. The summed E-state index contributed by atoms with van der Waals surface area (Å²) >= 11 is 0. The van der Waals surface area contributed by atoms with E-state index in [1.54, 1.807) is 5.01 Å². The van der Waals surface area contributed by atoms with Gasteiger partial charge in [-0.2, -0.15) is 0 Å². The molecule has 14 heavy (non-hydrogen) atoms. The van der Waals surface area contributed by atoms with Crippen molar-refractivity contribution in [1.82, 2.24) is 10.4 Å². The summed E-state index contributed by atoms with van der Waals surface area (Å²) in [6, 6.07) is 9.36. The minimum Gasteiger partial charge on any atom is -0.307 e. The minimum atomic E-state index is -0.0892. The molecule has 0 bridgehead atoms. The summed E-state index contributed by atoms with van der Waals surface area (Å²) in [4.78, 5) is 11.6. The molecule has 0 aromatic heterocycles. The van der Waals surface area contributed by atoms with Gasteiger partial charge in [0.1, 0.15) is 0 Å². The fourth-order valence-corrected chi connectivity index (χ4v) is 1.42. The molecule has 1 aromatic carbocycles. The number of urea groups is 1. The molecule has 2 amide bonds. The van der Waals surface area contributed by atoms with Crippen LogP contribution in [0.2, 0.25) is 0 Å². The summed E-state index contributed by atoms with van der Waals surface area (Å²) in [5.74, 6) is 0. The van der Waals surface area contributed by atoms with Gasteiger partial charge in [0, 0.05) is 18.8 Å². The Morgan fingerprint density at radius 1 is 1.36 bits per heavy atom. The van der Waals surface area contributed by atoms with Gasteiger partial charge in [-0.25, -0.2) is 10.2 Å². The van der Waals surface area contributed by atoms with Crippen LogP contribution in [0.3, 0.4) is 0 Å². The maximum absolute atomic E-state index is 11.6. The van der Waals surface area contributed by atoms with E-state index < -0.39 is 0 Å². The highest BCUT2D eigenvalue weighted by Crippen LogP contribution is 2.07. The molecule has 1 aliphatic heterocycles. The number of hydrogen-bond donors (Lipinski definition) is 2. The molecule has 74 valence electrons. The minimum absolute atomic E-state index is 0.0892. The monoisotopic (exact) mass is 191 g/mol. The zero-order chi connectivity index (χ0) is 9.80. The Hall–Kier alpha value is -1.55. The van der Waals surface area contributed by atoms with Crippen LogP contribution >= 0.6 is 0 Å². The number of rotatable bonds is 1. The van der Waals surface area contributed by atoms with Gasteiger partial charge in [-0.3, -0.25) is 5.01 Å². The second kappa shape index (κ2) is 4.11. The molecule has 2 rings (SSSR count). The summed E-state index contributed by atoms with van der Waals surface area (Å²) in [6.45, 7) is 1.65. The van der Waals surface area contributed by atoms with Crippen LogP contribution in [-0.2, 0) is 0 Å². The van der Waals surface area contributed by atoms with Gasteiger partial charge in [-0.1, -0.05) is 18.2 Å². The Balaban J connectivity index is 1.94. The third-order valence-electron chi connectivity index (χ3n) is 2.13. The Morgan fingerprint density at radius 2 is 2.14 bits per heavy atom. The van der Waals surface area contributed by atoms with Gasteiger partial charge in [0.25, 0.3) is 0 Å². The first kappa shape index (κ1) is 9.02. The van der Waals surface area contributed by atoms with Crippen molar-refractivity contribution in [2.75, 3.05) is 18.4 Å². The predicted molar refractivity (Wildman–Crippen MR) is 54.8 cm³/mol. The molecule has 0 atom stereocenters. The lowest BCUT2D eigenvalue weighted by atomic mass is 10.3. The van der Waals surface area contributed by atoms with Crippen molar-refractivity contribution in [3.63, 3.8) is 0 Å². The lowest BCUT2D eigenvalue weighted by molar-refractivity contribution is 0.205. The molecule has 0 aliphatic carbocycles. The molecular weight excluding hydrogens is 178 g/mol. The number of para-hydroxylation sites is 1. The van der Waals surface area contributed by atoms with E-state index in [9.17, 15) is 4.79 Å². The molecule has 4 nitrogen and oxygen atoms in total. The van der Waals surface area contributed by atoms with Gasteiger partial charge in [-0.15, -0.1) is 0 Å². The molecule has 0 spiro atoms. The van der Waals surface area contributed by atoms with Crippen molar-refractivity contribution in [2.45, 2.75) is 6.42 Å². The van der Waals surface area contributed by atoms with Crippen LogP contribution in [0.5, 0.6) is 0 Å². The zero-order valence-electron chi connectivity index (χ0n) is 7.86. The van der Waals surface area contributed by atoms with Crippen molar-refractivity contribution in [3.8, 4) is 0 Å². The summed E-state index contributed by atoms with van der Waals surface area (Å²) in [7, 11) is 0. The van der Waals surface area contributed by atoms with Gasteiger partial charge in [0.15, 0.2) is 0 Å². The first-order chi connectivity index (χ1) is 6.86. The Kier molecular flexibility index (Phi) is 2.65. The SMILES string of the molecule is O=C(Nc1ccccc1)N1CCCN1. The highest BCUT2D eigenvalue weighted by atomic mass is 16.2. The second-order valence-electron chi connectivity index (χ2n) is 3.21.